The minimum atomic E-state index is -4.56. The molecule has 0 radical (unpaired) electrons. The number of aromatic hydroxyl groups is 1. The number of anilines is 1. The molecular formula is C20H19F3N4O3. The van der Waals surface area contributed by atoms with Crippen molar-refractivity contribution >= 4 is 16.6 Å². The molecule has 0 atom stereocenters. The zero-order chi connectivity index (χ0) is 21.4. The first-order valence-electron chi connectivity index (χ1n) is 9.32. The number of halogens is 3. The first-order chi connectivity index (χ1) is 14.3. The minimum absolute atomic E-state index is 0.126. The van der Waals surface area contributed by atoms with Crippen molar-refractivity contribution in [2.75, 3.05) is 25.1 Å². The van der Waals surface area contributed by atoms with Gasteiger partial charge in [-0.3, -0.25) is 4.98 Å². The van der Waals surface area contributed by atoms with E-state index in [0.29, 0.717) is 48.7 Å². The topological polar surface area (TPSA) is 100 Å². The maximum absolute atomic E-state index is 12.9. The van der Waals surface area contributed by atoms with E-state index in [2.05, 4.69) is 20.5 Å². The Balaban J connectivity index is 1.69. The quantitative estimate of drug-likeness (QED) is 0.595. The average molecular weight is 420 g/mol. The molecule has 3 N–H and O–H groups in total. The predicted octanol–water partition coefficient (Wildman–Crippen LogP) is 3.37. The summed E-state index contributed by atoms with van der Waals surface area (Å²) in [5, 5.41) is 33.3. The zero-order valence-corrected chi connectivity index (χ0v) is 15.8. The highest BCUT2D eigenvalue weighted by molar-refractivity contribution is 6.00. The Morgan fingerprint density at radius 3 is 2.57 bits per heavy atom. The van der Waals surface area contributed by atoms with Crippen LogP contribution in [-0.4, -0.2) is 50.8 Å². The highest BCUT2D eigenvalue weighted by atomic mass is 19.4. The van der Waals surface area contributed by atoms with Crippen molar-refractivity contribution in [2.45, 2.75) is 24.6 Å². The van der Waals surface area contributed by atoms with Crippen LogP contribution < -0.4 is 5.32 Å². The summed E-state index contributed by atoms with van der Waals surface area (Å²) in [6, 6.07) is 4.36. The van der Waals surface area contributed by atoms with Gasteiger partial charge in [-0.25, -0.2) is 0 Å². The van der Waals surface area contributed by atoms with Gasteiger partial charge in [-0.15, -0.1) is 10.2 Å². The lowest BCUT2D eigenvalue weighted by atomic mass is 9.94. The molecule has 0 amide bonds. The van der Waals surface area contributed by atoms with E-state index in [1.54, 1.807) is 12.3 Å². The van der Waals surface area contributed by atoms with E-state index in [1.807, 2.05) is 0 Å². The second-order valence-electron chi connectivity index (χ2n) is 7.24. The number of rotatable bonds is 4. The molecule has 7 nitrogen and oxygen atoms in total. The molecule has 10 heteroatoms. The third-order valence-corrected chi connectivity index (χ3v) is 5.17. The predicted molar refractivity (Wildman–Crippen MR) is 103 cm³/mol. The number of pyridine rings is 1. The molecule has 3 aromatic rings. The van der Waals surface area contributed by atoms with Crippen LogP contribution in [0.4, 0.5) is 19.0 Å². The number of alkyl halides is 3. The molecule has 1 aliphatic heterocycles. The van der Waals surface area contributed by atoms with Crippen molar-refractivity contribution in [1.82, 2.24) is 15.2 Å². The van der Waals surface area contributed by atoms with E-state index in [-0.39, 0.29) is 17.8 Å². The molecule has 1 aromatic carbocycles. The number of fused-ring (bicyclic) bond motifs is 1. The van der Waals surface area contributed by atoms with Crippen molar-refractivity contribution in [3.8, 4) is 17.0 Å². The van der Waals surface area contributed by atoms with Crippen molar-refractivity contribution in [1.29, 1.82) is 0 Å². The van der Waals surface area contributed by atoms with E-state index in [4.69, 9.17) is 4.74 Å². The second-order valence-corrected chi connectivity index (χ2v) is 7.24. The summed E-state index contributed by atoms with van der Waals surface area (Å²) in [5.41, 5.74) is -1.53. The summed E-state index contributed by atoms with van der Waals surface area (Å²) in [7, 11) is 0. The number of nitrogens with one attached hydrogen (secondary N) is 1. The first-order valence-corrected chi connectivity index (χ1v) is 9.32. The number of aliphatic hydroxyl groups is 1. The molecule has 0 unspecified atom stereocenters. The number of aromatic nitrogens is 3. The van der Waals surface area contributed by atoms with Gasteiger partial charge in [0, 0.05) is 61.3 Å². The molecule has 0 spiro atoms. The van der Waals surface area contributed by atoms with Gasteiger partial charge in [0.05, 0.1) is 11.2 Å². The Hall–Kier alpha value is -2.98. The van der Waals surface area contributed by atoms with Gasteiger partial charge < -0.3 is 20.3 Å². The summed E-state index contributed by atoms with van der Waals surface area (Å²) < 4.78 is 44.0. The van der Waals surface area contributed by atoms with Gasteiger partial charge in [0.2, 0.25) is 0 Å². The van der Waals surface area contributed by atoms with Gasteiger partial charge in [-0.05, 0) is 24.3 Å². The molecule has 2 aromatic heterocycles. The summed E-state index contributed by atoms with van der Waals surface area (Å²) in [5.74, 6) is -0.164. The second kappa shape index (κ2) is 7.69. The number of hydrogen-bond acceptors (Lipinski definition) is 7. The third kappa shape index (κ3) is 4.01. The van der Waals surface area contributed by atoms with Gasteiger partial charge in [-0.2, -0.15) is 13.2 Å². The highest BCUT2D eigenvalue weighted by Crippen LogP contribution is 2.38. The highest BCUT2D eigenvalue weighted by Gasteiger charge is 2.32. The van der Waals surface area contributed by atoms with Gasteiger partial charge in [0.15, 0.2) is 5.82 Å². The number of hydrogen-bond donors (Lipinski definition) is 3. The van der Waals surface area contributed by atoms with Crippen molar-refractivity contribution in [3.63, 3.8) is 0 Å². The zero-order valence-electron chi connectivity index (χ0n) is 15.8. The van der Waals surface area contributed by atoms with E-state index in [1.165, 1.54) is 12.3 Å². The maximum Gasteiger partial charge on any atom is 0.416 e. The monoisotopic (exact) mass is 420 g/mol. The minimum Gasteiger partial charge on any atom is -0.507 e. The normalized spacial score (nSPS) is 16.5. The number of benzene rings is 1. The molecule has 3 heterocycles. The summed E-state index contributed by atoms with van der Waals surface area (Å²) in [4.78, 5) is 4.09. The summed E-state index contributed by atoms with van der Waals surface area (Å²) in [6.07, 6.45) is -0.524. The van der Waals surface area contributed by atoms with E-state index < -0.39 is 23.1 Å². The lowest BCUT2D eigenvalue weighted by Gasteiger charge is -2.32. The number of ether oxygens (including phenoxy) is 1. The van der Waals surface area contributed by atoms with Gasteiger partial charge in [0.25, 0.3) is 0 Å². The van der Waals surface area contributed by atoms with Gasteiger partial charge in [-0.1, -0.05) is 0 Å². The molecule has 0 aliphatic carbocycles. The lowest BCUT2D eigenvalue weighted by molar-refractivity contribution is -0.137. The molecule has 30 heavy (non-hydrogen) atoms. The van der Waals surface area contributed by atoms with Crippen LogP contribution >= 0.6 is 0 Å². The van der Waals surface area contributed by atoms with Crippen LogP contribution in [0, 0.1) is 0 Å². The van der Waals surface area contributed by atoms with Crippen molar-refractivity contribution < 1.29 is 28.1 Å². The smallest absolute Gasteiger partial charge is 0.416 e. The Morgan fingerprint density at radius 2 is 1.87 bits per heavy atom. The Morgan fingerprint density at radius 1 is 1.10 bits per heavy atom. The first kappa shape index (κ1) is 20.3. The number of phenols is 1. The SMILES string of the molecule is Oc1cc(C(F)(F)F)ccc1-c1nnc(NCC2(O)CCOCC2)c2cnccc12. The Bertz CT molecular complexity index is 1070. The molecule has 4 rings (SSSR count). The summed E-state index contributed by atoms with van der Waals surface area (Å²) in [6.45, 7) is 1.18. The maximum atomic E-state index is 12.9. The van der Waals surface area contributed by atoms with E-state index >= 15 is 0 Å². The van der Waals surface area contributed by atoms with Crippen LogP contribution in [0.25, 0.3) is 22.0 Å². The van der Waals surface area contributed by atoms with Crippen LogP contribution in [-0.2, 0) is 10.9 Å². The van der Waals surface area contributed by atoms with E-state index in [9.17, 15) is 23.4 Å². The molecule has 158 valence electrons. The standard InChI is InChI=1S/C20H19F3N4O3/c21-20(22,23)12-1-2-14(16(28)9-12)17-13-3-6-24-10-15(13)18(27-26-17)25-11-19(29)4-7-30-8-5-19/h1-3,6,9-10,28-29H,4-5,7-8,11H2,(H,25,27). The fraction of sp³-hybridized carbons (Fsp3) is 0.350. The molecule has 0 bridgehead atoms. The van der Waals surface area contributed by atoms with Gasteiger partial charge >= 0.3 is 6.18 Å². The molecule has 1 fully saturated rings. The lowest BCUT2D eigenvalue weighted by Crippen LogP contribution is -2.42. The Labute approximate surface area is 169 Å². The molecular weight excluding hydrogens is 401 g/mol. The average Bonchev–Trinajstić information content (AvgIpc) is 2.72. The van der Waals surface area contributed by atoms with Crippen LogP contribution in [0.15, 0.2) is 36.7 Å². The fourth-order valence-electron chi connectivity index (χ4n) is 3.41. The van der Waals surface area contributed by atoms with E-state index in [0.717, 1.165) is 6.07 Å². The van der Waals surface area contributed by atoms with Crippen LogP contribution in [0.1, 0.15) is 18.4 Å². The van der Waals surface area contributed by atoms with Crippen LogP contribution in [0.2, 0.25) is 0 Å². The van der Waals surface area contributed by atoms with Crippen molar-refractivity contribution in [2.24, 2.45) is 0 Å². The summed E-state index contributed by atoms with van der Waals surface area (Å²) >= 11 is 0. The molecule has 1 saturated heterocycles. The third-order valence-electron chi connectivity index (χ3n) is 5.17. The Kier molecular flexibility index (Phi) is 5.20. The number of phenolic OH excluding ortho intramolecular Hbond substituents is 1. The molecule has 0 saturated carbocycles. The van der Waals surface area contributed by atoms with Crippen LogP contribution in [0.3, 0.4) is 0 Å². The largest absolute Gasteiger partial charge is 0.507 e. The molecule has 1 aliphatic rings. The van der Waals surface area contributed by atoms with Gasteiger partial charge in [0.1, 0.15) is 11.4 Å². The number of nitrogens with zero attached hydrogens (tertiary/aromatic N) is 3. The van der Waals surface area contributed by atoms with Crippen molar-refractivity contribution in [3.05, 3.63) is 42.2 Å². The van der Waals surface area contributed by atoms with Crippen LogP contribution in [0.5, 0.6) is 5.75 Å². The fourth-order valence-corrected chi connectivity index (χ4v) is 3.41.